The molecule has 0 N–H and O–H groups in total. The lowest BCUT2D eigenvalue weighted by Gasteiger charge is -1.94. The Morgan fingerprint density at radius 3 is 2.17 bits per heavy atom. The number of benzene rings is 1. The second kappa shape index (κ2) is 10.4. The van der Waals surface area contributed by atoms with E-state index in [1.54, 1.807) is 0 Å². The molecule has 0 amide bonds. The third-order valence-electron chi connectivity index (χ3n) is 1.74. The number of rotatable bonds is 5. The zero-order valence-corrected chi connectivity index (χ0v) is 12.3. The van der Waals surface area contributed by atoms with Gasteiger partial charge in [-0.2, -0.15) is 0 Å². The molecule has 0 aliphatic rings. The monoisotopic (exact) mass is 374 g/mol. The van der Waals surface area contributed by atoms with E-state index < -0.39 is 7.25 Å². The molecule has 1 rings (SSSR count). The molecule has 1 aromatic rings. The van der Waals surface area contributed by atoms with Crippen molar-refractivity contribution < 1.29 is 38.5 Å². The van der Waals surface area contributed by atoms with Crippen LogP contribution in [0.25, 0.3) is 0 Å². The number of hydrogen-bond donors (Lipinski definition) is 0. The van der Waals surface area contributed by atoms with Crippen LogP contribution in [-0.2, 0) is 0 Å². The van der Waals surface area contributed by atoms with Crippen LogP contribution in [0.1, 0.15) is 26.2 Å². The fraction of sp³-hybridized carbons (Fsp3) is 0.333. The predicted octanol–water partition coefficient (Wildman–Crippen LogP) is 1.95. The van der Waals surface area contributed by atoms with E-state index in [4.69, 9.17) is 0 Å². The van der Waals surface area contributed by atoms with Gasteiger partial charge in [0.15, 0.2) is 7.65 Å². The van der Waals surface area contributed by atoms with Crippen molar-refractivity contribution in [1.29, 1.82) is 0 Å². The number of hydrogen-bond acceptors (Lipinski definition) is 0. The van der Waals surface area contributed by atoms with Crippen LogP contribution in [0.3, 0.4) is 0 Å². The van der Waals surface area contributed by atoms with Crippen molar-refractivity contribution in [3.63, 3.8) is 0 Å². The summed E-state index contributed by atoms with van der Waals surface area (Å²) >= 11 is 0.128. The van der Waals surface area contributed by atoms with Gasteiger partial charge >= 0.3 is 28.5 Å². The van der Waals surface area contributed by atoms with Crippen LogP contribution in [0.4, 0.5) is 17.3 Å². The molecular weight excluding hydrogens is 358 g/mol. The number of unbranched alkanes of at least 4 members (excludes halogenated alkanes) is 2. The van der Waals surface area contributed by atoms with Crippen molar-refractivity contribution in [3.05, 3.63) is 44.1 Å². The van der Waals surface area contributed by atoms with Crippen molar-refractivity contribution in [3.8, 4) is 0 Å². The molecule has 102 valence electrons. The van der Waals surface area contributed by atoms with Gasteiger partial charge in [-0.3, -0.25) is 0 Å². The molecule has 1 aromatic carbocycles. The van der Waals surface area contributed by atoms with E-state index in [9.17, 15) is 17.3 Å². The SMILES string of the molecule is CCCC/C=C\[I+]c1ccccc1.F[B-](F)(F)F. The van der Waals surface area contributed by atoms with Crippen LogP contribution >= 0.6 is 0 Å². The highest BCUT2D eigenvalue weighted by Crippen LogP contribution is 2.06. The molecule has 18 heavy (non-hydrogen) atoms. The average Bonchev–Trinajstić information content (AvgIpc) is 2.28. The fourth-order valence-electron chi connectivity index (χ4n) is 0.990. The summed E-state index contributed by atoms with van der Waals surface area (Å²) in [6.07, 6.45) is 6.22. The van der Waals surface area contributed by atoms with Crippen molar-refractivity contribution >= 4 is 7.25 Å². The minimum Gasteiger partial charge on any atom is -0.418 e. The van der Waals surface area contributed by atoms with Gasteiger partial charge in [-0.05, 0) is 31.1 Å². The molecule has 0 aliphatic carbocycles. The Morgan fingerprint density at radius 2 is 1.67 bits per heavy atom. The Balaban J connectivity index is 0.000000494. The van der Waals surface area contributed by atoms with Gasteiger partial charge in [0.2, 0.25) is 0 Å². The van der Waals surface area contributed by atoms with Gasteiger partial charge in [0.25, 0.3) is 0 Å². The zero-order chi connectivity index (χ0) is 13.9. The molecule has 0 radical (unpaired) electrons. The second-order valence-electron chi connectivity index (χ2n) is 3.40. The average molecular weight is 374 g/mol. The first-order chi connectivity index (χ1) is 8.43. The largest absolute Gasteiger partial charge is 0.673 e. The minimum atomic E-state index is -6.00. The van der Waals surface area contributed by atoms with E-state index >= 15 is 0 Å². The van der Waals surface area contributed by atoms with Crippen LogP contribution in [0.2, 0.25) is 0 Å². The first-order valence-electron chi connectivity index (χ1n) is 5.64. The standard InChI is InChI=1S/C12H16I.BF4/c1-2-3-4-8-11-13-12-9-6-5-7-10-12;2-1(3,4)5/h5-11H,2-4H2,1H3;/q+1;-1/b11-8-;. The second-order valence-corrected chi connectivity index (χ2v) is 5.99. The van der Waals surface area contributed by atoms with E-state index in [2.05, 4.69) is 47.4 Å². The highest BCUT2D eigenvalue weighted by molar-refractivity contribution is 6.50. The molecule has 0 nitrogen and oxygen atoms in total. The van der Waals surface area contributed by atoms with E-state index in [0.29, 0.717) is 0 Å². The molecule has 0 aliphatic heterocycles. The van der Waals surface area contributed by atoms with Gasteiger partial charge in [-0.15, -0.1) is 0 Å². The van der Waals surface area contributed by atoms with Crippen LogP contribution in [0.15, 0.2) is 40.5 Å². The Labute approximate surface area is 116 Å². The summed E-state index contributed by atoms with van der Waals surface area (Å²) in [6.45, 7) is 2.24. The maximum absolute atomic E-state index is 9.75. The van der Waals surface area contributed by atoms with E-state index in [0.717, 1.165) is 0 Å². The lowest BCUT2D eigenvalue weighted by molar-refractivity contribution is -0.557. The maximum atomic E-state index is 9.75. The van der Waals surface area contributed by atoms with Gasteiger partial charge in [0, 0.05) is 0 Å². The smallest absolute Gasteiger partial charge is 0.418 e. The lowest BCUT2D eigenvalue weighted by Crippen LogP contribution is -3.59. The van der Waals surface area contributed by atoms with Gasteiger partial charge in [0.1, 0.15) is 0 Å². The summed E-state index contributed by atoms with van der Waals surface area (Å²) < 4.78 is 42.9. The van der Waals surface area contributed by atoms with E-state index in [1.165, 1.54) is 22.8 Å². The van der Waals surface area contributed by atoms with E-state index in [1.807, 2.05) is 0 Å². The van der Waals surface area contributed by atoms with Crippen LogP contribution in [0, 0.1) is 3.57 Å². The predicted molar refractivity (Wildman–Crippen MR) is 64.0 cm³/mol. The van der Waals surface area contributed by atoms with Crippen molar-refractivity contribution in [2.24, 2.45) is 0 Å². The van der Waals surface area contributed by atoms with Crippen molar-refractivity contribution in [1.82, 2.24) is 0 Å². The first kappa shape index (κ1) is 17.5. The maximum Gasteiger partial charge on any atom is 0.673 e. The molecule has 0 atom stereocenters. The van der Waals surface area contributed by atoms with E-state index in [-0.39, 0.29) is 21.2 Å². The normalized spacial score (nSPS) is 11.2. The summed E-state index contributed by atoms with van der Waals surface area (Å²) in [5.74, 6) is 0. The molecule has 0 saturated carbocycles. The third kappa shape index (κ3) is 15.5. The number of halogens is 5. The van der Waals surface area contributed by atoms with Gasteiger partial charge < -0.3 is 17.3 Å². The molecule has 0 heterocycles. The topological polar surface area (TPSA) is 0 Å². The molecule has 0 saturated heterocycles. The van der Waals surface area contributed by atoms with Crippen LogP contribution in [0.5, 0.6) is 0 Å². The van der Waals surface area contributed by atoms with Gasteiger partial charge in [0.05, 0.1) is 0 Å². The van der Waals surface area contributed by atoms with Crippen molar-refractivity contribution in [2.75, 3.05) is 0 Å². The highest BCUT2D eigenvalue weighted by Gasteiger charge is 2.20. The zero-order valence-electron chi connectivity index (χ0n) is 10.1. The Bertz CT molecular complexity index is 319. The summed E-state index contributed by atoms with van der Waals surface area (Å²) in [5.41, 5.74) is 0. The quantitative estimate of drug-likeness (QED) is 0.320. The third-order valence-corrected chi connectivity index (χ3v) is 4.04. The first-order valence-corrected chi connectivity index (χ1v) is 7.96. The molecule has 0 spiro atoms. The molecular formula is C12H16BF4I. The highest BCUT2D eigenvalue weighted by atomic mass is 127. The minimum absolute atomic E-state index is 0.128. The Morgan fingerprint density at radius 1 is 1.11 bits per heavy atom. The summed E-state index contributed by atoms with van der Waals surface area (Å²) in [4.78, 5) is 0. The molecule has 0 fully saturated rings. The fourth-order valence-corrected chi connectivity index (χ4v) is 2.85. The van der Waals surface area contributed by atoms with Crippen LogP contribution < -0.4 is 21.2 Å². The number of allylic oxidation sites excluding steroid dienone is 1. The molecule has 0 unspecified atom stereocenters. The molecule has 0 aromatic heterocycles. The lowest BCUT2D eigenvalue weighted by atomic mass is 10.3. The van der Waals surface area contributed by atoms with Gasteiger partial charge in [-0.1, -0.05) is 31.5 Å². The Kier molecular flexibility index (Phi) is 10.1. The summed E-state index contributed by atoms with van der Waals surface area (Å²) in [5, 5.41) is 0. The van der Waals surface area contributed by atoms with Gasteiger partial charge in [-0.25, -0.2) is 0 Å². The van der Waals surface area contributed by atoms with Crippen LogP contribution in [-0.4, -0.2) is 7.25 Å². The molecule has 0 bridgehead atoms. The molecule has 6 heteroatoms. The summed E-state index contributed by atoms with van der Waals surface area (Å²) in [6, 6.07) is 10.8. The Hall–Kier alpha value is -0.525. The summed E-state index contributed by atoms with van der Waals surface area (Å²) in [7, 11) is -6.00. The van der Waals surface area contributed by atoms with Crippen molar-refractivity contribution in [2.45, 2.75) is 26.2 Å².